The second kappa shape index (κ2) is 8.51. The van der Waals surface area contributed by atoms with Gasteiger partial charge in [0.1, 0.15) is 5.82 Å². The third-order valence-corrected chi connectivity index (χ3v) is 3.75. The highest BCUT2D eigenvalue weighted by molar-refractivity contribution is 6.30. The average molecular weight is 287 g/mol. The fraction of sp³-hybridized carbons (Fsp3) is 0.600. The fourth-order valence-corrected chi connectivity index (χ4v) is 2.18. The van der Waals surface area contributed by atoms with Crippen LogP contribution >= 0.6 is 11.6 Å². The molecule has 19 heavy (non-hydrogen) atoms. The molecule has 2 nitrogen and oxygen atoms in total. The second-order valence-corrected chi connectivity index (χ2v) is 5.14. The summed E-state index contributed by atoms with van der Waals surface area (Å²) in [6.45, 7) is 10.6. The van der Waals surface area contributed by atoms with E-state index in [-0.39, 0.29) is 16.9 Å². The predicted molar refractivity (Wildman–Crippen MR) is 80.2 cm³/mol. The van der Waals surface area contributed by atoms with Gasteiger partial charge in [0.05, 0.1) is 5.02 Å². The Bertz CT molecular complexity index is 380. The molecule has 0 radical (unpaired) electrons. The molecule has 1 aromatic carbocycles. The van der Waals surface area contributed by atoms with Crippen LogP contribution in [0.5, 0.6) is 0 Å². The van der Waals surface area contributed by atoms with Gasteiger partial charge in [-0.05, 0) is 57.2 Å². The number of hydrogen-bond donors (Lipinski definition) is 1. The van der Waals surface area contributed by atoms with Crippen molar-refractivity contribution >= 4 is 11.6 Å². The molecule has 0 aliphatic heterocycles. The van der Waals surface area contributed by atoms with Gasteiger partial charge in [0.15, 0.2) is 0 Å². The Kier molecular flexibility index (Phi) is 7.36. The van der Waals surface area contributed by atoms with E-state index in [0.717, 1.165) is 38.2 Å². The van der Waals surface area contributed by atoms with Crippen molar-refractivity contribution in [2.45, 2.75) is 33.2 Å². The number of rotatable bonds is 8. The van der Waals surface area contributed by atoms with Crippen LogP contribution in [0.1, 0.15) is 38.8 Å². The first kappa shape index (κ1) is 16.4. The minimum absolute atomic E-state index is 0.142. The summed E-state index contributed by atoms with van der Waals surface area (Å²) in [5, 5.41) is 3.59. The molecule has 1 N–H and O–H groups in total. The maximum absolute atomic E-state index is 13.4. The zero-order valence-electron chi connectivity index (χ0n) is 12.0. The zero-order chi connectivity index (χ0) is 14.3. The van der Waals surface area contributed by atoms with Crippen molar-refractivity contribution in [3.63, 3.8) is 0 Å². The molecular formula is C15H24ClFN2. The summed E-state index contributed by atoms with van der Waals surface area (Å²) in [5.74, 6) is -0.351. The topological polar surface area (TPSA) is 15.3 Å². The molecule has 0 aliphatic rings. The first-order valence-corrected chi connectivity index (χ1v) is 7.37. The minimum atomic E-state index is -0.351. The molecule has 0 heterocycles. The molecule has 0 saturated carbocycles. The molecule has 0 saturated heterocycles. The number of nitrogens with one attached hydrogen (secondary N) is 1. The van der Waals surface area contributed by atoms with Gasteiger partial charge in [-0.2, -0.15) is 0 Å². The van der Waals surface area contributed by atoms with E-state index in [0.29, 0.717) is 0 Å². The summed E-state index contributed by atoms with van der Waals surface area (Å²) in [5.41, 5.74) is 0.935. The number of halogens is 2. The quantitative estimate of drug-likeness (QED) is 0.730. The summed E-state index contributed by atoms with van der Waals surface area (Å²) in [6, 6.07) is 5.13. The van der Waals surface area contributed by atoms with E-state index in [4.69, 9.17) is 11.6 Å². The van der Waals surface area contributed by atoms with Crippen molar-refractivity contribution in [3.05, 3.63) is 34.6 Å². The van der Waals surface area contributed by atoms with Gasteiger partial charge in [-0.3, -0.25) is 0 Å². The summed E-state index contributed by atoms with van der Waals surface area (Å²) >= 11 is 5.68. The van der Waals surface area contributed by atoms with E-state index in [2.05, 4.69) is 24.1 Å². The molecular weight excluding hydrogens is 263 g/mol. The van der Waals surface area contributed by atoms with Crippen LogP contribution in [0.2, 0.25) is 5.02 Å². The third-order valence-electron chi connectivity index (χ3n) is 3.44. The highest BCUT2D eigenvalue weighted by Crippen LogP contribution is 2.19. The fourth-order valence-electron chi connectivity index (χ4n) is 2.06. The van der Waals surface area contributed by atoms with Crippen molar-refractivity contribution in [2.75, 3.05) is 26.2 Å². The molecule has 1 unspecified atom stereocenters. The summed E-state index contributed by atoms with van der Waals surface area (Å²) in [7, 11) is 0. The molecule has 0 amide bonds. The Labute approximate surface area is 120 Å². The summed E-state index contributed by atoms with van der Waals surface area (Å²) < 4.78 is 13.4. The van der Waals surface area contributed by atoms with Gasteiger partial charge in [0.25, 0.3) is 0 Å². The van der Waals surface area contributed by atoms with E-state index in [1.807, 2.05) is 13.0 Å². The maximum atomic E-state index is 13.4. The highest BCUT2D eigenvalue weighted by atomic mass is 35.5. The standard InChI is InChI=1S/C15H24ClFN2/c1-4-19(5-2)10-6-9-18-12(3)13-7-8-14(16)15(17)11-13/h7-8,11-12,18H,4-6,9-10H2,1-3H3. The van der Waals surface area contributed by atoms with E-state index in [1.165, 1.54) is 6.07 Å². The highest BCUT2D eigenvalue weighted by Gasteiger charge is 2.08. The second-order valence-electron chi connectivity index (χ2n) is 4.73. The molecule has 0 bridgehead atoms. The van der Waals surface area contributed by atoms with Gasteiger partial charge in [-0.25, -0.2) is 4.39 Å². The van der Waals surface area contributed by atoms with Crippen molar-refractivity contribution in [3.8, 4) is 0 Å². The Morgan fingerprint density at radius 3 is 2.58 bits per heavy atom. The van der Waals surface area contributed by atoms with Gasteiger partial charge >= 0.3 is 0 Å². The molecule has 108 valence electrons. The van der Waals surface area contributed by atoms with Gasteiger partial charge in [-0.1, -0.05) is 31.5 Å². The zero-order valence-corrected chi connectivity index (χ0v) is 12.8. The molecule has 1 rings (SSSR count). The largest absolute Gasteiger partial charge is 0.310 e. The number of hydrogen-bond acceptors (Lipinski definition) is 2. The first-order chi connectivity index (χ1) is 9.08. The normalized spacial score (nSPS) is 12.9. The molecule has 1 aromatic rings. The molecule has 0 aromatic heterocycles. The number of nitrogens with zero attached hydrogens (tertiary/aromatic N) is 1. The molecule has 4 heteroatoms. The predicted octanol–water partition coefficient (Wildman–Crippen LogP) is 3.86. The van der Waals surface area contributed by atoms with Gasteiger partial charge in [-0.15, -0.1) is 0 Å². The van der Waals surface area contributed by atoms with Crippen molar-refractivity contribution in [2.24, 2.45) is 0 Å². The lowest BCUT2D eigenvalue weighted by Gasteiger charge is -2.19. The van der Waals surface area contributed by atoms with Crippen LogP contribution in [0, 0.1) is 5.82 Å². The van der Waals surface area contributed by atoms with Crippen molar-refractivity contribution in [1.29, 1.82) is 0 Å². The van der Waals surface area contributed by atoms with Gasteiger partial charge < -0.3 is 10.2 Å². The summed E-state index contributed by atoms with van der Waals surface area (Å²) in [6.07, 6.45) is 1.10. The molecule has 0 fully saturated rings. The SMILES string of the molecule is CCN(CC)CCCNC(C)c1ccc(Cl)c(F)c1. The van der Waals surface area contributed by atoms with Crippen LogP contribution in [0.4, 0.5) is 4.39 Å². The smallest absolute Gasteiger partial charge is 0.142 e. The first-order valence-electron chi connectivity index (χ1n) is 6.99. The Morgan fingerprint density at radius 1 is 1.32 bits per heavy atom. The minimum Gasteiger partial charge on any atom is -0.310 e. The molecule has 0 spiro atoms. The lowest BCUT2D eigenvalue weighted by atomic mass is 10.1. The Morgan fingerprint density at radius 2 is 2.00 bits per heavy atom. The van der Waals surface area contributed by atoms with Crippen LogP contribution in [0.25, 0.3) is 0 Å². The van der Waals surface area contributed by atoms with E-state index in [9.17, 15) is 4.39 Å². The monoisotopic (exact) mass is 286 g/mol. The van der Waals surface area contributed by atoms with Crippen molar-refractivity contribution < 1.29 is 4.39 Å². The summed E-state index contributed by atoms with van der Waals surface area (Å²) in [4.78, 5) is 2.40. The molecule has 0 aliphatic carbocycles. The lowest BCUT2D eigenvalue weighted by Crippen LogP contribution is -2.28. The Balaban J connectivity index is 2.34. The van der Waals surface area contributed by atoms with E-state index < -0.39 is 0 Å². The number of benzene rings is 1. The van der Waals surface area contributed by atoms with Crippen LogP contribution in [-0.2, 0) is 0 Å². The van der Waals surface area contributed by atoms with Crippen LogP contribution in [0.3, 0.4) is 0 Å². The average Bonchev–Trinajstić information content (AvgIpc) is 2.42. The lowest BCUT2D eigenvalue weighted by molar-refractivity contribution is 0.296. The van der Waals surface area contributed by atoms with Crippen LogP contribution in [0.15, 0.2) is 18.2 Å². The Hall–Kier alpha value is -0.640. The van der Waals surface area contributed by atoms with Crippen LogP contribution < -0.4 is 5.32 Å². The van der Waals surface area contributed by atoms with E-state index in [1.54, 1.807) is 6.07 Å². The maximum Gasteiger partial charge on any atom is 0.142 e. The molecule has 1 atom stereocenters. The van der Waals surface area contributed by atoms with Crippen LogP contribution in [-0.4, -0.2) is 31.1 Å². The van der Waals surface area contributed by atoms with Gasteiger partial charge in [0.2, 0.25) is 0 Å². The third kappa shape index (κ3) is 5.47. The van der Waals surface area contributed by atoms with E-state index >= 15 is 0 Å². The van der Waals surface area contributed by atoms with Gasteiger partial charge in [0, 0.05) is 6.04 Å². The van der Waals surface area contributed by atoms with Crippen molar-refractivity contribution in [1.82, 2.24) is 10.2 Å².